The highest BCUT2D eigenvalue weighted by atomic mass is 127. The summed E-state index contributed by atoms with van der Waals surface area (Å²) in [5.41, 5.74) is 1.26. The molecule has 1 unspecified atom stereocenters. The molecule has 1 saturated carbocycles. The fourth-order valence-electron chi connectivity index (χ4n) is 1.85. The standard InChI is InChI=1S/C9H11IO2/c10-8-6-4-2-1-3-5-7(6)12-9(8)11/h7H,1-5H2. The zero-order valence-electron chi connectivity index (χ0n) is 6.81. The second kappa shape index (κ2) is 3.36. The second-order valence-electron chi connectivity index (χ2n) is 3.33. The first-order chi connectivity index (χ1) is 5.79. The van der Waals surface area contributed by atoms with Crippen molar-refractivity contribution in [2.24, 2.45) is 0 Å². The largest absolute Gasteiger partial charge is 0.454 e. The van der Waals surface area contributed by atoms with E-state index in [0.29, 0.717) is 0 Å². The molecule has 1 aliphatic heterocycles. The molecule has 1 aliphatic carbocycles. The molecule has 0 N–H and O–H groups in total. The summed E-state index contributed by atoms with van der Waals surface area (Å²) in [4.78, 5) is 11.2. The van der Waals surface area contributed by atoms with Crippen molar-refractivity contribution in [1.82, 2.24) is 0 Å². The maximum absolute atomic E-state index is 11.2. The molecule has 1 heterocycles. The highest BCUT2D eigenvalue weighted by Gasteiger charge is 2.32. The first-order valence-corrected chi connectivity index (χ1v) is 5.46. The van der Waals surface area contributed by atoms with Crippen molar-refractivity contribution >= 4 is 28.6 Å². The van der Waals surface area contributed by atoms with Gasteiger partial charge in [0, 0.05) is 0 Å². The van der Waals surface area contributed by atoms with Crippen LogP contribution in [0.3, 0.4) is 0 Å². The maximum Gasteiger partial charge on any atom is 0.345 e. The van der Waals surface area contributed by atoms with E-state index < -0.39 is 0 Å². The van der Waals surface area contributed by atoms with Gasteiger partial charge in [-0.1, -0.05) is 6.42 Å². The Morgan fingerprint density at radius 1 is 1.33 bits per heavy atom. The Morgan fingerprint density at radius 3 is 3.00 bits per heavy atom. The van der Waals surface area contributed by atoms with Crippen LogP contribution in [-0.4, -0.2) is 12.1 Å². The summed E-state index contributed by atoms with van der Waals surface area (Å²) >= 11 is 2.11. The van der Waals surface area contributed by atoms with E-state index >= 15 is 0 Å². The van der Waals surface area contributed by atoms with E-state index in [9.17, 15) is 4.79 Å². The van der Waals surface area contributed by atoms with Crippen molar-refractivity contribution in [1.29, 1.82) is 0 Å². The molecule has 1 atom stereocenters. The van der Waals surface area contributed by atoms with Crippen molar-refractivity contribution in [3.63, 3.8) is 0 Å². The second-order valence-corrected chi connectivity index (χ2v) is 4.41. The predicted molar refractivity (Wildman–Crippen MR) is 54.0 cm³/mol. The van der Waals surface area contributed by atoms with E-state index in [4.69, 9.17) is 4.74 Å². The van der Waals surface area contributed by atoms with Gasteiger partial charge in [0.15, 0.2) is 0 Å². The van der Waals surface area contributed by atoms with Crippen molar-refractivity contribution in [3.8, 4) is 0 Å². The molecule has 3 heteroatoms. The van der Waals surface area contributed by atoms with E-state index in [1.54, 1.807) is 0 Å². The summed E-state index contributed by atoms with van der Waals surface area (Å²) < 4.78 is 6.08. The van der Waals surface area contributed by atoms with Crippen LogP contribution >= 0.6 is 22.6 Å². The van der Waals surface area contributed by atoms with Crippen LogP contribution in [-0.2, 0) is 9.53 Å². The third-order valence-corrected chi connectivity index (χ3v) is 3.64. The van der Waals surface area contributed by atoms with E-state index in [1.807, 2.05) is 0 Å². The highest BCUT2D eigenvalue weighted by molar-refractivity contribution is 14.1. The van der Waals surface area contributed by atoms with Crippen molar-refractivity contribution < 1.29 is 9.53 Å². The molecule has 0 aromatic rings. The van der Waals surface area contributed by atoms with Gasteiger partial charge in [0.1, 0.15) is 9.68 Å². The molecule has 0 aromatic carbocycles. The smallest absolute Gasteiger partial charge is 0.345 e. The van der Waals surface area contributed by atoms with Gasteiger partial charge < -0.3 is 4.74 Å². The van der Waals surface area contributed by atoms with Gasteiger partial charge in [-0.15, -0.1) is 0 Å². The van der Waals surface area contributed by atoms with Crippen LogP contribution in [0.2, 0.25) is 0 Å². The number of rotatable bonds is 0. The third kappa shape index (κ3) is 1.39. The molecule has 0 aromatic heterocycles. The third-order valence-electron chi connectivity index (χ3n) is 2.51. The number of esters is 1. The Morgan fingerprint density at radius 2 is 2.17 bits per heavy atom. The molecule has 2 aliphatic rings. The molecule has 66 valence electrons. The quantitative estimate of drug-likeness (QED) is 0.503. The van der Waals surface area contributed by atoms with Crippen LogP contribution in [0.5, 0.6) is 0 Å². The van der Waals surface area contributed by atoms with Crippen LogP contribution in [0.4, 0.5) is 0 Å². The normalized spacial score (nSPS) is 29.8. The van der Waals surface area contributed by atoms with Crippen molar-refractivity contribution in [3.05, 3.63) is 9.15 Å². The molecule has 0 saturated heterocycles. The van der Waals surface area contributed by atoms with E-state index in [0.717, 1.165) is 16.4 Å². The molecule has 2 nitrogen and oxygen atoms in total. The average molecular weight is 278 g/mol. The number of carbonyl (C=O) groups excluding carboxylic acids is 1. The van der Waals surface area contributed by atoms with Gasteiger partial charge in [0.25, 0.3) is 0 Å². The molecule has 2 rings (SSSR count). The molecule has 0 amide bonds. The lowest BCUT2D eigenvalue weighted by Gasteiger charge is -2.08. The van der Waals surface area contributed by atoms with Crippen LogP contribution in [0.15, 0.2) is 9.15 Å². The SMILES string of the molecule is O=C1OC2CCCCCC2=C1I. The first kappa shape index (κ1) is 8.53. The van der Waals surface area contributed by atoms with Crippen LogP contribution in [0, 0.1) is 0 Å². The minimum absolute atomic E-state index is 0.0995. The van der Waals surface area contributed by atoms with Gasteiger partial charge in [-0.25, -0.2) is 4.79 Å². The number of ether oxygens (including phenoxy) is 1. The molecule has 0 bridgehead atoms. The summed E-state index contributed by atoms with van der Waals surface area (Å²) in [6.07, 6.45) is 5.93. The Labute approximate surface area is 85.5 Å². The van der Waals surface area contributed by atoms with Gasteiger partial charge in [0.2, 0.25) is 0 Å². The lowest BCUT2D eigenvalue weighted by molar-refractivity contribution is -0.139. The Hall–Kier alpha value is -0.0600. The van der Waals surface area contributed by atoms with Gasteiger partial charge in [-0.2, -0.15) is 0 Å². The molecule has 0 radical (unpaired) electrons. The van der Waals surface area contributed by atoms with E-state index in [2.05, 4.69) is 22.6 Å². The summed E-state index contributed by atoms with van der Waals surface area (Å²) in [6.45, 7) is 0. The lowest BCUT2D eigenvalue weighted by atomic mass is 10.1. The first-order valence-electron chi connectivity index (χ1n) is 4.38. The average Bonchev–Trinajstić information content (AvgIpc) is 2.30. The van der Waals surface area contributed by atoms with Gasteiger partial charge in [-0.05, 0) is 53.8 Å². The topological polar surface area (TPSA) is 26.3 Å². The Kier molecular flexibility index (Phi) is 2.39. The van der Waals surface area contributed by atoms with Gasteiger partial charge >= 0.3 is 5.97 Å². The summed E-state index contributed by atoms with van der Waals surface area (Å²) in [5, 5.41) is 0. The molecule has 12 heavy (non-hydrogen) atoms. The van der Waals surface area contributed by atoms with Gasteiger partial charge in [0.05, 0.1) is 0 Å². The monoisotopic (exact) mass is 278 g/mol. The van der Waals surface area contributed by atoms with Crippen molar-refractivity contribution in [2.75, 3.05) is 0 Å². The van der Waals surface area contributed by atoms with E-state index in [1.165, 1.54) is 24.8 Å². The number of hydrogen-bond donors (Lipinski definition) is 0. The van der Waals surface area contributed by atoms with Crippen molar-refractivity contribution in [2.45, 2.75) is 38.2 Å². The predicted octanol–water partition coefficient (Wildman–Crippen LogP) is 2.57. The van der Waals surface area contributed by atoms with Gasteiger partial charge in [-0.3, -0.25) is 0 Å². The van der Waals surface area contributed by atoms with Crippen LogP contribution in [0.1, 0.15) is 32.1 Å². The molecular formula is C9H11IO2. The zero-order chi connectivity index (χ0) is 8.55. The Balaban J connectivity index is 2.25. The van der Waals surface area contributed by atoms with E-state index in [-0.39, 0.29) is 12.1 Å². The van der Waals surface area contributed by atoms with Crippen LogP contribution < -0.4 is 0 Å². The lowest BCUT2D eigenvalue weighted by Crippen LogP contribution is -2.09. The minimum atomic E-state index is -0.0995. The fourth-order valence-corrected chi connectivity index (χ4v) is 2.59. The molecule has 0 spiro atoms. The number of carbonyl (C=O) groups is 1. The molecular weight excluding hydrogens is 267 g/mol. The minimum Gasteiger partial charge on any atom is -0.454 e. The number of fused-ring (bicyclic) bond motifs is 1. The highest BCUT2D eigenvalue weighted by Crippen LogP contribution is 2.35. The summed E-state index contributed by atoms with van der Waals surface area (Å²) in [5.74, 6) is -0.0995. The number of halogens is 1. The van der Waals surface area contributed by atoms with Crippen LogP contribution in [0.25, 0.3) is 0 Å². The zero-order valence-corrected chi connectivity index (χ0v) is 8.96. The number of hydrogen-bond acceptors (Lipinski definition) is 2. The summed E-state index contributed by atoms with van der Waals surface area (Å²) in [7, 11) is 0. The molecule has 1 fully saturated rings. The maximum atomic E-state index is 11.2. The fraction of sp³-hybridized carbons (Fsp3) is 0.667. The Bertz CT molecular complexity index is 245. The summed E-state index contributed by atoms with van der Waals surface area (Å²) in [6, 6.07) is 0.